The van der Waals surface area contributed by atoms with E-state index in [1.165, 1.54) is 36.4 Å². The highest BCUT2D eigenvalue weighted by Crippen LogP contribution is 2.38. The highest BCUT2D eigenvalue weighted by molar-refractivity contribution is 7.86. The van der Waals surface area contributed by atoms with Crippen molar-refractivity contribution in [2.75, 3.05) is 16.4 Å². The van der Waals surface area contributed by atoms with Gasteiger partial charge in [-0.2, -0.15) is 16.8 Å². The number of hydrogen-bond donors (Lipinski definition) is 8. The third kappa shape index (κ3) is 10.5. The summed E-state index contributed by atoms with van der Waals surface area (Å²) in [5, 5.41) is 38.1. The van der Waals surface area contributed by atoms with Crippen molar-refractivity contribution in [1.82, 2.24) is 0 Å². The van der Waals surface area contributed by atoms with Crippen molar-refractivity contribution in [2.45, 2.75) is 30.6 Å². The van der Waals surface area contributed by atoms with Crippen LogP contribution < -0.4 is 16.4 Å². The van der Waals surface area contributed by atoms with Crippen molar-refractivity contribution in [2.24, 2.45) is 0 Å². The maximum absolute atomic E-state index is 12.4. The SMILES string of the molecule is Cc1cc(O)c2c(N)cccc2c1.Cc1cc(O)c2c(NC(=O)c3ccccc3)cc(S(=O)(=O)O)cc2c1.Cc1cc(O)c2c(NC(=O)c3ccccc3)ccc(S(=O)(=O)O)c2c1. The van der Waals surface area contributed by atoms with Crippen LogP contribution in [-0.2, 0) is 20.2 Å². The molecular weight excluding hydrogens is 847 g/mol. The first kappa shape index (κ1) is 45.0. The number of carbonyl (C=O) groups is 2. The number of nitrogens with one attached hydrogen (secondary N) is 2. The van der Waals surface area contributed by atoms with Crippen LogP contribution >= 0.6 is 0 Å². The Morgan fingerprint density at radius 1 is 0.492 bits per heavy atom. The molecule has 0 radical (unpaired) electrons. The second-order valence-corrected chi connectivity index (χ2v) is 17.3. The summed E-state index contributed by atoms with van der Waals surface area (Å²) in [6, 6.07) is 37.2. The fraction of sp³-hybridized carbons (Fsp3) is 0.0638. The molecule has 2 amide bonds. The maximum Gasteiger partial charge on any atom is 0.295 e. The normalized spacial score (nSPS) is 11.3. The lowest BCUT2D eigenvalue weighted by Crippen LogP contribution is -2.12. The van der Waals surface area contributed by atoms with E-state index in [1.54, 1.807) is 92.7 Å². The number of aryl methyl sites for hydroxylation is 3. The summed E-state index contributed by atoms with van der Waals surface area (Å²) in [4.78, 5) is 24.0. The zero-order valence-electron chi connectivity index (χ0n) is 33.9. The zero-order valence-corrected chi connectivity index (χ0v) is 35.5. The minimum atomic E-state index is -4.48. The first-order chi connectivity index (χ1) is 29.7. The number of carbonyl (C=O) groups excluding carboxylic acids is 2. The fourth-order valence-electron chi connectivity index (χ4n) is 6.91. The van der Waals surface area contributed by atoms with E-state index in [0.29, 0.717) is 38.7 Å². The van der Waals surface area contributed by atoms with Gasteiger partial charge in [0, 0.05) is 38.4 Å². The average molecular weight is 888 g/mol. The summed E-state index contributed by atoms with van der Waals surface area (Å²) in [5.41, 5.74) is 9.85. The summed E-state index contributed by atoms with van der Waals surface area (Å²) in [7, 11) is -8.96. The smallest absolute Gasteiger partial charge is 0.295 e. The maximum atomic E-state index is 12.4. The minimum absolute atomic E-state index is 0.0940. The number of nitrogens with two attached hydrogens (primary N) is 1. The van der Waals surface area contributed by atoms with Gasteiger partial charge < -0.3 is 31.7 Å². The molecule has 0 heterocycles. The number of rotatable bonds is 6. The number of phenols is 3. The monoisotopic (exact) mass is 887 g/mol. The molecule has 8 rings (SSSR count). The molecule has 0 aromatic heterocycles. The van der Waals surface area contributed by atoms with Gasteiger partial charge in [-0.1, -0.05) is 60.7 Å². The van der Waals surface area contributed by atoms with Crippen LogP contribution in [0, 0.1) is 20.8 Å². The molecule has 0 aliphatic heterocycles. The molecule has 0 spiro atoms. The largest absolute Gasteiger partial charge is 0.507 e. The van der Waals surface area contributed by atoms with E-state index < -0.39 is 32.1 Å². The Kier molecular flexibility index (Phi) is 13.0. The minimum Gasteiger partial charge on any atom is -0.507 e. The van der Waals surface area contributed by atoms with E-state index in [4.69, 9.17) is 5.73 Å². The van der Waals surface area contributed by atoms with Gasteiger partial charge in [0.2, 0.25) is 0 Å². The van der Waals surface area contributed by atoms with Crippen molar-refractivity contribution in [3.8, 4) is 17.2 Å². The lowest BCUT2D eigenvalue weighted by Gasteiger charge is -2.13. The molecule has 8 aromatic carbocycles. The Morgan fingerprint density at radius 2 is 0.984 bits per heavy atom. The third-order valence-electron chi connectivity index (χ3n) is 9.62. The van der Waals surface area contributed by atoms with Crippen LogP contribution in [0.25, 0.3) is 32.3 Å². The molecule has 0 saturated carbocycles. The summed E-state index contributed by atoms with van der Waals surface area (Å²) in [5.74, 6) is -0.895. The fourth-order valence-corrected chi connectivity index (χ4v) is 8.13. The van der Waals surface area contributed by atoms with Crippen LogP contribution in [0.3, 0.4) is 0 Å². The number of nitrogen functional groups attached to an aromatic ring is 1. The molecule has 63 heavy (non-hydrogen) atoms. The van der Waals surface area contributed by atoms with Gasteiger partial charge >= 0.3 is 0 Å². The molecule has 0 unspecified atom stereocenters. The van der Waals surface area contributed by atoms with Gasteiger partial charge in [-0.25, -0.2) is 0 Å². The van der Waals surface area contributed by atoms with E-state index in [-0.39, 0.29) is 49.2 Å². The second kappa shape index (κ2) is 18.2. The molecule has 0 aliphatic rings. The number of benzene rings is 8. The molecule has 322 valence electrons. The molecule has 14 nitrogen and oxygen atoms in total. The summed E-state index contributed by atoms with van der Waals surface area (Å²) in [6.07, 6.45) is 0. The number of phenolic OH excluding ortho intramolecular Hbond substituents is 3. The van der Waals surface area contributed by atoms with Gasteiger partial charge in [0.05, 0.1) is 16.3 Å². The first-order valence-electron chi connectivity index (χ1n) is 18.9. The first-order valence-corrected chi connectivity index (χ1v) is 21.8. The van der Waals surface area contributed by atoms with Gasteiger partial charge in [0.25, 0.3) is 32.1 Å². The summed E-state index contributed by atoms with van der Waals surface area (Å²) < 4.78 is 65.1. The molecule has 0 bridgehead atoms. The lowest BCUT2D eigenvalue weighted by molar-refractivity contribution is 0.101. The standard InChI is InChI=1S/2C18H15NO5S.C11H11NO/c1-11-7-13-9-14(25(22,23)24)10-15(17(13)16(20)8-11)19-18(21)12-5-3-2-4-6-12;1-11-9-13-16(25(22,23)24)8-7-14(17(13)15(20)10-11)19-18(21)12-5-3-2-4-6-12;1-7-5-8-3-2-4-9(12)11(8)10(13)6-7/h2*2-10,20H,1H3,(H,19,21)(H,22,23,24);2-6,13H,12H2,1H3. The van der Waals surface area contributed by atoms with Crippen molar-refractivity contribution in [3.05, 3.63) is 167 Å². The van der Waals surface area contributed by atoms with Crippen molar-refractivity contribution >= 4 is 81.4 Å². The highest BCUT2D eigenvalue weighted by atomic mass is 32.2. The molecule has 9 N–H and O–H groups in total. The molecule has 16 heteroatoms. The highest BCUT2D eigenvalue weighted by Gasteiger charge is 2.21. The van der Waals surface area contributed by atoms with E-state index >= 15 is 0 Å². The molecular formula is C47H41N3O11S2. The second-order valence-electron chi connectivity index (χ2n) is 14.5. The number of amides is 2. The topological polar surface area (TPSA) is 254 Å². The van der Waals surface area contributed by atoms with Gasteiger partial charge in [-0.15, -0.1) is 0 Å². The van der Waals surface area contributed by atoms with Crippen LogP contribution in [0.15, 0.2) is 149 Å². The Bertz CT molecular complexity index is 3290. The van der Waals surface area contributed by atoms with Gasteiger partial charge in [0.1, 0.15) is 22.1 Å². The molecule has 0 atom stereocenters. The third-order valence-corrected chi connectivity index (χ3v) is 11.4. The Morgan fingerprint density at radius 3 is 1.52 bits per heavy atom. The number of anilines is 3. The summed E-state index contributed by atoms with van der Waals surface area (Å²) in [6.45, 7) is 5.37. The number of aromatic hydroxyl groups is 3. The predicted octanol–water partition coefficient (Wildman–Crippen LogP) is 9.14. The molecule has 0 saturated heterocycles. The van der Waals surface area contributed by atoms with Gasteiger partial charge in [0.15, 0.2) is 0 Å². The van der Waals surface area contributed by atoms with Crippen LogP contribution in [-0.4, -0.2) is 53.1 Å². The van der Waals surface area contributed by atoms with E-state index in [1.807, 2.05) is 25.1 Å². The molecule has 8 aromatic rings. The van der Waals surface area contributed by atoms with Crippen molar-refractivity contribution < 1.29 is 50.8 Å². The quantitative estimate of drug-likeness (QED) is 0.0575. The van der Waals surface area contributed by atoms with E-state index in [0.717, 1.165) is 22.4 Å². The van der Waals surface area contributed by atoms with E-state index in [2.05, 4.69) is 10.6 Å². The molecule has 0 fully saturated rings. The number of fused-ring (bicyclic) bond motifs is 3. The van der Waals surface area contributed by atoms with Gasteiger partial charge in [-0.3, -0.25) is 18.7 Å². The van der Waals surface area contributed by atoms with Crippen LogP contribution in [0.2, 0.25) is 0 Å². The van der Waals surface area contributed by atoms with Gasteiger partial charge in [-0.05, 0) is 127 Å². The van der Waals surface area contributed by atoms with Crippen LogP contribution in [0.5, 0.6) is 17.2 Å². The van der Waals surface area contributed by atoms with Crippen molar-refractivity contribution in [1.29, 1.82) is 0 Å². The van der Waals surface area contributed by atoms with Crippen LogP contribution in [0.4, 0.5) is 17.1 Å². The van der Waals surface area contributed by atoms with Crippen LogP contribution in [0.1, 0.15) is 37.4 Å². The summed E-state index contributed by atoms with van der Waals surface area (Å²) >= 11 is 0. The Hall–Kier alpha value is -7.50. The lowest BCUT2D eigenvalue weighted by atomic mass is 10.0. The number of hydrogen-bond acceptors (Lipinski definition) is 10. The molecule has 0 aliphatic carbocycles. The average Bonchev–Trinajstić information content (AvgIpc) is 3.20. The Balaban J connectivity index is 0.000000165. The van der Waals surface area contributed by atoms with E-state index in [9.17, 15) is 50.8 Å². The predicted molar refractivity (Wildman–Crippen MR) is 244 cm³/mol. The van der Waals surface area contributed by atoms with Crippen molar-refractivity contribution in [3.63, 3.8) is 0 Å². The zero-order chi connectivity index (χ0) is 45.8. The Labute approximate surface area is 362 Å².